The van der Waals surface area contributed by atoms with E-state index < -0.39 is 10.0 Å². The molecule has 0 radical (unpaired) electrons. The maximum Gasteiger partial charge on any atom is 0.244 e. The monoisotopic (exact) mass is 370 g/mol. The molecule has 1 aromatic carbocycles. The second-order valence-corrected chi connectivity index (χ2v) is 9.69. The molecule has 24 heavy (non-hydrogen) atoms. The first-order chi connectivity index (χ1) is 11.4. The van der Waals surface area contributed by atoms with Crippen LogP contribution in [-0.4, -0.2) is 38.4 Å². The van der Waals surface area contributed by atoms with Gasteiger partial charge in [-0.1, -0.05) is 31.5 Å². The molecule has 1 aromatic rings. The molecule has 0 atom stereocenters. The molecule has 134 valence electrons. The zero-order chi connectivity index (χ0) is 17.3. The number of nitrogens with zero attached hydrogens (tertiary/aromatic N) is 1. The van der Waals surface area contributed by atoms with Crippen molar-refractivity contribution in [3.05, 3.63) is 28.8 Å². The first-order valence-corrected chi connectivity index (χ1v) is 10.7. The standard InChI is InChI=1S/C18H27ClN2O2S/c1-13(2)15-5-6-17(19)18(11-15)24(22,23)21-9-7-16(8-10-21)20-12-14-3-4-14/h5-6,11,13-14,16,20H,3-4,7-10,12H2,1-2H3. The van der Waals surface area contributed by atoms with Crippen molar-refractivity contribution in [2.75, 3.05) is 19.6 Å². The van der Waals surface area contributed by atoms with Gasteiger partial charge in [-0.15, -0.1) is 0 Å². The molecule has 1 aliphatic heterocycles. The summed E-state index contributed by atoms with van der Waals surface area (Å²) in [6, 6.07) is 5.78. The molecule has 1 heterocycles. The Labute approximate surface area is 150 Å². The molecular weight excluding hydrogens is 344 g/mol. The third-order valence-electron chi connectivity index (χ3n) is 5.09. The van der Waals surface area contributed by atoms with Crippen LogP contribution < -0.4 is 5.32 Å². The Hall–Kier alpha value is -0.620. The van der Waals surface area contributed by atoms with Gasteiger partial charge in [0.1, 0.15) is 4.90 Å². The Bertz CT molecular complexity index is 678. The minimum Gasteiger partial charge on any atom is -0.314 e. The van der Waals surface area contributed by atoms with Gasteiger partial charge in [-0.2, -0.15) is 4.31 Å². The second kappa shape index (κ2) is 7.32. The lowest BCUT2D eigenvalue weighted by atomic mass is 10.0. The van der Waals surface area contributed by atoms with Crippen LogP contribution >= 0.6 is 11.6 Å². The van der Waals surface area contributed by atoms with Gasteiger partial charge < -0.3 is 5.32 Å². The molecule has 1 aliphatic carbocycles. The summed E-state index contributed by atoms with van der Waals surface area (Å²) in [7, 11) is -3.52. The van der Waals surface area contributed by atoms with Crippen molar-refractivity contribution in [3.63, 3.8) is 0 Å². The Morgan fingerprint density at radius 2 is 1.88 bits per heavy atom. The number of piperidine rings is 1. The first-order valence-electron chi connectivity index (χ1n) is 8.91. The van der Waals surface area contributed by atoms with Gasteiger partial charge >= 0.3 is 0 Å². The molecule has 1 saturated heterocycles. The number of sulfonamides is 1. The smallest absolute Gasteiger partial charge is 0.244 e. The molecule has 0 bridgehead atoms. The molecular formula is C18H27ClN2O2S. The largest absolute Gasteiger partial charge is 0.314 e. The maximum absolute atomic E-state index is 13.0. The average molecular weight is 371 g/mol. The Kier molecular flexibility index (Phi) is 5.55. The van der Waals surface area contributed by atoms with Crippen molar-refractivity contribution in [2.45, 2.75) is 56.4 Å². The summed E-state index contributed by atoms with van der Waals surface area (Å²) in [4.78, 5) is 0.250. The Morgan fingerprint density at radius 1 is 1.21 bits per heavy atom. The van der Waals surface area contributed by atoms with Crippen LogP contribution in [0.1, 0.15) is 51.0 Å². The van der Waals surface area contributed by atoms with E-state index in [4.69, 9.17) is 11.6 Å². The molecule has 0 spiro atoms. The SMILES string of the molecule is CC(C)c1ccc(Cl)c(S(=O)(=O)N2CCC(NCC3CC3)CC2)c1. The zero-order valence-corrected chi connectivity index (χ0v) is 16.0. The van der Waals surface area contributed by atoms with Crippen LogP contribution in [0.15, 0.2) is 23.1 Å². The van der Waals surface area contributed by atoms with Crippen LogP contribution in [0, 0.1) is 5.92 Å². The van der Waals surface area contributed by atoms with E-state index in [1.165, 1.54) is 12.8 Å². The number of halogens is 1. The quantitative estimate of drug-likeness (QED) is 0.832. The first kappa shape index (κ1) is 18.2. The molecule has 1 N–H and O–H groups in total. The van der Waals surface area contributed by atoms with Gasteiger partial charge in [-0.3, -0.25) is 0 Å². The average Bonchev–Trinajstić information content (AvgIpc) is 3.37. The summed E-state index contributed by atoms with van der Waals surface area (Å²) >= 11 is 6.21. The predicted octanol–water partition coefficient (Wildman–Crippen LogP) is 3.62. The fraction of sp³-hybridized carbons (Fsp3) is 0.667. The van der Waals surface area contributed by atoms with Gasteiger partial charge in [0.05, 0.1) is 5.02 Å². The van der Waals surface area contributed by atoms with Gasteiger partial charge in [-0.25, -0.2) is 8.42 Å². The molecule has 4 nitrogen and oxygen atoms in total. The van der Waals surface area contributed by atoms with E-state index in [1.54, 1.807) is 16.4 Å². The number of hydrogen-bond acceptors (Lipinski definition) is 3. The van der Waals surface area contributed by atoms with Gasteiger partial charge in [0.2, 0.25) is 10.0 Å². The molecule has 3 rings (SSSR count). The fourth-order valence-electron chi connectivity index (χ4n) is 3.17. The maximum atomic E-state index is 13.0. The normalized spacial score (nSPS) is 20.7. The number of rotatable bonds is 6. The van der Waals surface area contributed by atoms with E-state index in [1.807, 2.05) is 6.07 Å². The highest BCUT2D eigenvalue weighted by molar-refractivity contribution is 7.89. The minimum atomic E-state index is -3.52. The molecule has 6 heteroatoms. The highest BCUT2D eigenvalue weighted by Gasteiger charge is 2.31. The van der Waals surface area contributed by atoms with Gasteiger partial charge in [0.25, 0.3) is 0 Å². The highest BCUT2D eigenvalue weighted by Crippen LogP contribution is 2.31. The Balaban J connectivity index is 1.68. The molecule has 2 aliphatic rings. The lowest BCUT2D eigenvalue weighted by Crippen LogP contribution is -2.45. The van der Waals surface area contributed by atoms with Crippen LogP contribution in [-0.2, 0) is 10.0 Å². The van der Waals surface area contributed by atoms with E-state index in [-0.39, 0.29) is 10.8 Å². The summed E-state index contributed by atoms with van der Waals surface area (Å²) in [6.07, 6.45) is 4.41. The third kappa shape index (κ3) is 4.13. The topological polar surface area (TPSA) is 49.4 Å². The van der Waals surface area contributed by atoms with Crippen molar-refractivity contribution in [1.82, 2.24) is 9.62 Å². The van der Waals surface area contributed by atoms with E-state index in [0.717, 1.165) is 30.9 Å². The lowest BCUT2D eigenvalue weighted by molar-refractivity contribution is 0.288. The lowest BCUT2D eigenvalue weighted by Gasteiger charge is -2.32. The number of hydrogen-bond donors (Lipinski definition) is 1. The highest BCUT2D eigenvalue weighted by atomic mass is 35.5. The van der Waals surface area contributed by atoms with Crippen molar-refractivity contribution < 1.29 is 8.42 Å². The van der Waals surface area contributed by atoms with Crippen LogP contribution in [0.5, 0.6) is 0 Å². The summed E-state index contributed by atoms with van der Waals surface area (Å²) in [5.74, 6) is 1.12. The molecule has 0 unspecified atom stereocenters. The zero-order valence-electron chi connectivity index (χ0n) is 14.5. The molecule has 1 saturated carbocycles. The summed E-state index contributed by atoms with van der Waals surface area (Å²) in [6.45, 7) is 6.31. The van der Waals surface area contributed by atoms with E-state index in [0.29, 0.717) is 24.2 Å². The van der Waals surface area contributed by atoms with Crippen molar-refractivity contribution in [2.24, 2.45) is 5.92 Å². The third-order valence-corrected chi connectivity index (χ3v) is 7.47. The van der Waals surface area contributed by atoms with E-state index >= 15 is 0 Å². The Morgan fingerprint density at radius 3 is 2.46 bits per heavy atom. The molecule has 0 aromatic heterocycles. The van der Waals surface area contributed by atoms with Gasteiger partial charge in [0.15, 0.2) is 0 Å². The van der Waals surface area contributed by atoms with Crippen LogP contribution in [0.3, 0.4) is 0 Å². The van der Waals surface area contributed by atoms with Crippen molar-refractivity contribution in [3.8, 4) is 0 Å². The van der Waals surface area contributed by atoms with Gasteiger partial charge in [-0.05, 0) is 61.8 Å². The van der Waals surface area contributed by atoms with E-state index in [2.05, 4.69) is 19.2 Å². The van der Waals surface area contributed by atoms with Crippen LogP contribution in [0.2, 0.25) is 5.02 Å². The van der Waals surface area contributed by atoms with Crippen molar-refractivity contribution >= 4 is 21.6 Å². The number of benzene rings is 1. The number of nitrogens with one attached hydrogen (secondary N) is 1. The minimum absolute atomic E-state index is 0.250. The second-order valence-electron chi connectivity index (χ2n) is 7.37. The summed E-state index contributed by atoms with van der Waals surface area (Å²) in [5.41, 5.74) is 0.999. The van der Waals surface area contributed by atoms with Crippen LogP contribution in [0.25, 0.3) is 0 Å². The molecule has 0 amide bonds. The predicted molar refractivity (Wildman–Crippen MR) is 98.0 cm³/mol. The summed E-state index contributed by atoms with van der Waals surface area (Å²) in [5, 5.41) is 3.90. The van der Waals surface area contributed by atoms with Crippen molar-refractivity contribution in [1.29, 1.82) is 0 Å². The van der Waals surface area contributed by atoms with Crippen LogP contribution in [0.4, 0.5) is 0 Å². The van der Waals surface area contributed by atoms with Gasteiger partial charge in [0, 0.05) is 19.1 Å². The van der Waals surface area contributed by atoms with E-state index in [9.17, 15) is 8.42 Å². The summed E-state index contributed by atoms with van der Waals surface area (Å²) < 4.78 is 27.6. The molecule has 2 fully saturated rings. The fourth-order valence-corrected chi connectivity index (χ4v) is 5.15.